The molecule has 0 N–H and O–H groups in total. The van der Waals surface area contributed by atoms with Gasteiger partial charge in [-0.05, 0) is 0 Å². The Hall–Kier alpha value is -0.541. The minimum atomic E-state index is -0.0294. The normalized spacial score (nSPS) is 10.9. The molecule has 18 heavy (non-hydrogen) atoms. The third-order valence-corrected chi connectivity index (χ3v) is 4.58. The number of hydrogen-bond donors (Lipinski definition) is 0. The van der Waals surface area contributed by atoms with Gasteiger partial charge in [-0.2, -0.15) is 0 Å². The maximum atomic E-state index is 5.53. The predicted octanol–water partition coefficient (Wildman–Crippen LogP) is 2.72. The quantitative estimate of drug-likeness (QED) is 0.518. The van der Waals surface area contributed by atoms with Crippen LogP contribution >= 0.6 is 0 Å². The first-order valence-corrected chi connectivity index (χ1v) is 8.66. The van der Waals surface area contributed by atoms with Crippen LogP contribution in [0.2, 0.25) is 5.32 Å². The Morgan fingerprint density at radius 2 is 1.67 bits per heavy atom. The minimum absolute atomic E-state index is 0.0294. The zero-order valence-electron chi connectivity index (χ0n) is 11.3. The average Bonchev–Trinajstić information content (AvgIpc) is 2.40. The fraction of sp³-hybridized carbons (Fsp3) is 0.571. The fourth-order valence-corrected chi connectivity index (χ4v) is 3.46. The summed E-state index contributed by atoms with van der Waals surface area (Å²) in [5.74, 6) is 0.910. The van der Waals surface area contributed by atoms with Crippen LogP contribution in [-0.2, 0) is 14.8 Å². The van der Waals surface area contributed by atoms with E-state index >= 15 is 0 Å². The summed E-state index contributed by atoms with van der Waals surface area (Å²) >= 11 is 0.504. The van der Waals surface area contributed by atoms with Crippen molar-refractivity contribution in [3.05, 3.63) is 29.8 Å². The van der Waals surface area contributed by atoms with Gasteiger partial charge in [0.2, 0.25) is 0 Å². The Morgan fingerprint density at radius 3 is 2.17 bits per heavy atom. The Bertz CT molecular complexity index is 307. The molecule has 0 aliphatic heterocycles. The van der Waals surface area contributed by atoms with Gasteiger partial charge in [0, 0.05) is 0 Å². The molecule has 0 saturated carbocycles. The molecule has 1 rings (SSSR count). The average molecular weight is 317 g/mol. The van der Waals surface area contributed by atoms with E-state index in [1.807, 2.05) is 26.0 Å². The van der Waals surface area contributed by atoms with Crippen molar-refractivity contribution in [3.63, 3.8) is 0 Å². The molecule has 0 aliphatic rings. The zero-order valence-corrected chi connectivity index (χ0v) is 13.1. The van der Waals surface area contributed by atoms with Gasteiger partial charge in [-0.1, -0.05) is 0 Å². The van der Waals surface area contributed by atoms with Crippen molar-refractivity contribution in [2.24, 2.45) is 0 Å². The summed E-state index contributed by atoms with van der Waals surface area (Å²) in [6.07, 6.45) is -0.0294. The van der Waals surface area contributed by atoms with Crippen LogP contribution < -0.4 is 4.74 Å². The second-order valence-electron chi connectivity index (χ2n) is 3.70. The monoisotopic (exact) mass is 318 g/mol. The topological polar surface area (TPSA) is 27.7 Å². The molecular weight excluding hydrogens is 295 g/mol. The summed E-state index contributed by atoms with van der Waals surface area (Å²) in [5, 5.41) is 2.11. The molecular formula is C14H22O3Se. The molecule has 0 saturated heterocycles. The number of methoxy groups -OCH3 is 1. The molecule has 1 aromatic carbocycles. The van der Waals surface area contributed by atoms with Crippen molar-refractivity contribution >= 4 is 15.0 Å². The first-order chi connectivity index (χ1) is 8.80. The summed E-state index contributed by atoms with van der Waals surface area (Å²) in [5.41, 5.74) is 1.35. The van der Waals surface area contributed by atoms with E-state index in [0.717, 1.165) is 16.4 Å². The molecule has 0 aromatic heterocycles. The van der Waals surface area contributed by atoms with Gasteiger partial charge < -0.3 is 0 Å². The van der Waals surface area contributed by atoms with Gasteiger partial charge in [0.15, 0.2) is 0 Å². The molecule has 4 heteroatoms. The van der Waals surface area contributed by atoms with Crippen LogP contribution in [-0.4, -0.2) is 41.6 Å². The molecule has 0 spiro atoms. The SMILES string of the molecule is CCOC(C[Se]Cc1ccc(OC)cc1)OCC. The Labute approximate surface area is 116 Å². The number of rotatable bonds is 9. The van der Waals surface area contributed by atoms with Gasteiger partial charge in [-0.15, -0.1) is 0 Å². The molecule has 0 unspecified atom stereocenters. The number of benzene rings is 1. The van der Waals surface area contributed by atoms with E-state index in [4.69, 9.17) is 14.2 Å². The van der Waals surface area contributed by atoms with Gasteiger partial charge in [0.1, 0.15) is 0 Å². The van der Waals surface area contributed by atoms with Crippen molar-refractivity contribution in [3.8, 4) is 5.75 Å². The predicted molar refractivity (Wildman–Crippen MR) is 74.3 cm³/mol. The van der Waals surface area contributed by atoms with Crippen molar-refractivity contribution < 1.29 is 14.2 Å². The van der Waals surface area contributed by atoms with E-state index in [2.05, 4.69) is 12.1 Å². The number of hydrogen-bond acceptors (Lipinski definition) is 3. The van der Waals surface area contributed by atoms with Crippen LogP contribution in [0.4, 0.5) is 0 Å². The van der Waals surface area contributed by atoms with Gasteiger partial charge in [-0.25, -0.2) is 0 Å². The van der Waals surface area contributed by atoms with E-state index in [-0.39, 0.29) is 6.29 Å². The first kappa shape index (κ1) is 15.5. The Morgan fingerprint density at radius 1 is 1.06 bits per heavy atom. The zero-order chi connectivity index (χ0) is 13.2. The second-order valence-corrected chi connectivity index (χ2v) is 5.87. The molecule has 0 heterocycles. The van der Waals surface area contributed by atoms with Gasteiger partial charge in [0.05, 0.1) is 0 Å². The third kappa shape index (κ3) is 5.87. The fourth-order valence-electron chi connectivity index (χ4n) is 1.51. The molecule has 0 aliphatic carbocycles. The molecule has 0 fully saturated rings. The molecule has 3 nitrogen and oxygen atoms in total. The van der Waals surface area contributed by atoms with E-state index in [0.29, 0.717) is 28.2 Å². The first-order valence-electron chi connectivity index (χ1n) is 6.24. The maximum absolute atomic E-state index is 5.53. The summed E-state index contributed by atoms with van der Waals surface area (Å²) < 4.78 is 16.2. The summed E-state index contributed by atoms with van der Waals surface area (Å²) in [6.45, 7) is 5.43. The van der Waals surface area contributed by atoms with E-state index in [1.165, 1.54) is 5.56 Å². The van der Waals surface area contributed by atoms with Gasteiger partial charge in [0.25, 0.3) is 0 Å². The molecule has 102 valence electrons. The summed E-state index contributed by atoms with van der Waals surface area (Å²) in [4.78, 5) is 0. The van der Waals surface area contributed by atoms with Crippen molar-refractivity contribution in [2.75, 3.05) is 20.3 Å². The summed E-state index contributed by atoms with van der Waals surface area (Å²) in [7, 11) is 1.69. The third-order valence-electron chi connectivity index (χ3n) is 2.39. The molecule has 0 amide bonds. The van der Waals surface area contributed by atoms with E-state index in [9.17, 15) is 0 Å². The summed E-state index contributed by atoms with van der Waals surface area (Å²) in [6, 6.07) is 8.26. The van der Waals surface area contributed by atoms with E-state index < -0.39 is 0 Å². The van der Waals surface area contributed by atoms with Gasteiger partial charge >= 0.3 is 116 Å². The van der Waals surface area contributed by atoms with Crippen LogP contribution in [0.15, 0.2) is 24.3 Å². The van der Waals surface area contributed by atoms with Gasteiger partial charge in [-0.3, -0.25) is 0 Å². The van der Waals surface area contributed by atoms with Crippen molar-refractivity contribution in [1.82, 2.24) is 0 Å². The molecule has 0 radical (unpaired) electrons. The Kier molecular flexibility index (Phi) is 8.10. The van der Waals surface area contributed by atoms with Crippen LogP contribution in [0.1, 0.15) is 19.4 Å². The molecule has 1 aromatic rings. The number of ether oxygens (including phenoxy) is 3. The van der Waals surface area contributed by atoms with Crippen LogP contribution in [0.3, 0.4) is 0 Å². The second kappa shape index (κ2) is 9.40. The molecule has 0 bridgehead atoms. The van der Waals surface area contributed by atoms with Crippen LogP contribution in [0.5, 0.6) is 5.75 Å². The van der Waals surface area contributed by atoms with Crippen LogP contribution in [0, 0.1) is 0 Å². The van der Waals surface area contributed by atoms with Crippen molar-refractivity contribution in [1.29, 1.82) is 0 Å². The van der Waals surface area contributed by atoms with Crippen molar-refractivity contribution in [2.45, 2.75) is 30.8 Å². The van der Waals surface area contributed by atoms with Crippen LogP contribution in [0.25, 0.3) is 0 Å². The molecule has 0 atom stereocenters. The van der Waals surface area contributed by atoms with E-state index in [1.54, 1.807) is 7.11 Å². The standard InChI is InChI=1S/C14H22O3Se/c1-4-16-14(17-5-2)11-18-10-12-6-8-13(15-3)9-7-12/h6-9,14H,4-5,10-11H2,1-3H3. The Balaban J connectivity index is 2.30.